The summed E-state index contributed by atoms with van der Waals surface area (Å²) in [6.07, 6.45) is 7.36. The van der Waals surface area contributed by atoms with Crippen LogP contribution in [0.4, 0.5) is 0 Å². The van der Waals surface area contributed by atoms with Gasteiger partial charge in [-0.05, 0) is 64.7 Å². The van der Waals surface area contributed by atoms with Gasteiger partial charge in [-0.1, -0.05) is 36.4 Å². The third kappa shape index (κ3) is 5.11. The topological polar surface area (TPSA) is 79.2 Å². The summed E-state index contributed by atoms with van der Waals surface area (Å²) in [5.41, 5.74) is 3.21. The fraction of sp³-hybridized carbons (Fsp3) is 0.0833. The van der Waals surface area contributed by atoms with E-state index >= 15 is 0 Å². The Hall–Kier alpha value is -3.86. The van der Waals surface area contributed by atoms with Gasteiger partial charge in [-0.15, -0.1) is 0 Å². The molecule has 3 N–H and O–H groups in total. The van der Waals surface area contributed by atoms with Gasteiger partial charge in [-0.2, -0.15) is 0 Å². The van der Waals surface area contributed by atoms with Crippen LogP contribution in [0.5, 0.6) is 28.7 Å². The van der Waals surface area contributed by atoms with Crippen LogP contribution in [0.1, 0.15) is 22.3 Å². The zero-order valence-electron chi connectivity index (χ0n) is 16.2. The summed E-state index contributed by atoms with van der Waals surface area (Å²) >= 11 is 0. The minimum atomic E-state index is 0.0666. The van der Waals surface area contributed by atoms with Crippen LogP contribution in [0, 0.1) is 0 Å². The lowest BCUT2D eigenvalue weighted by Crippen LogP contribution is -1.84. The lowest BCUT2D eigenvalue weighted by atomic mass is 10.1. The standard InChI is InChI=1S/C24H22O5/c1-28-23-9-7-16(14-21(23)26)3-5-18-11-19(13-20(25)12-18)6-4-17-8-10-24(29-2)22(27)15-17/h3-15,25-27H,1-2H3/b5-3+,6-4+. The summed E-state index contributed by atoms with van der Waals surface area (Å²) < 4.78 is 10.1. The van der Waals surface area contributed by atoms with Crippen LogP contribution in [0.25, 0.3) is 24.3 Å². The van der Waals surface area contributed by atoms with Gasteiger partial charge in [0, 0.05) is 0 Å². The van der Waals surface area contributed by atoms with Gasteiger partial charge >= 0.3 is 0 Å². The van der Waals surface area contributed by atoms with Crippen molar-refractivity contribution in [3.63, 3.8) is 0 Å². The highest BCUT2D eigenvalue weighted by Crippen LogP contribution is 2.28. The molecule has 5 heteroatoms. The maximum absolute atomic E-state index is 10.0. The molecule has 0 bridgehead atoms. The van der Waals surface area contributed by atoms with Crippen LogP contribution in [0.2, 0.25) is 0 Å². The zero-order chi connectivity index (χ0) is 20.8. The molecule has 0 saturated heterocycles. The van der Waals surface area contributed by atoms with Gasteiger partial charge in [-0.3, -0.25) is 0 Å². The molecule has 0 spiro atoms. The predicted molar refractivity (Wildman–Crippen MR) is 115 cm³/mol. The van der Waals surface area contributed by atoms with Gasteiger partial charge in [0.15, 0.2) is 23.0 Å². The molecule has 29 heavy (non-hydrogen) atoms. The van der Waals surface area contributed by atoms with Gasteiger partial charge in [0.2, 0.25) is 0 Å². The average Bonchev–Trinajstić information content (AvgIpc) is 2.70. The van der Waals surface area contributed by atoms with E-state index in [0.717, 1.165) is 22.3 Å². The van der Waals surface area contributed by atoms with Crippen LogP contribution in [0.15, 0.2) is 54.6 Å². The number of hydrogen-bond donors (Lipinski definition) is 3. The average molecular weight is 390 g/mol. The quantitative estimate of drug-likeness (QED) is 0.507. The van der Waals surface area contributed by atoms with Crippen LogP contribution < -0.4 is 9.47 Å². The molecule has 5 nitrogen and oxygen atoms in total. The van der Waals surface area contributed by atoms with Gasteiger partial charge in [0.25, 0.3) is 0 Å². The molecule has 3 aromatic carbocycles. The van der Waals surface area contributed by atoms with Crippen molar-refractivity contribution in [2.45, 2.75) is 0 Å². The number of hydrogen-bond acceptors (Lipinski definition) is 5. The minimum Gasteiger partial charge on any atom is -0.508 e. The smallest absolute Gasteiger partial charge is 0.160 e. The molecule has 0 fully saturated rings. The van der Waals surface area contributed by atoms with Crippen LogP contribution in [-0.2, 0) is 0 Å². The van der Waals surface area contributed by atoms with Crippen molar-refractivity contribution in [1.82, 2.24) is 0 Å². The second-order valence-electron chi connectivity index (χ2n) is 6.39. The molecule has 0 unspecified atom stereocenters. The highest BCUT2D eigenvalue weighted by Gasteiger charge is 2.02. The van der Waals surface area contributed by atoms with E-state index < -0.39 is 0 Å². The first-order valence-electron chi connectivity index (χ1n) is 8.93. The normalized spacial score (nSPS) is 11.2. The van der Waals surface area contributed by atoms with E-state index in [4.69, 9.17) is 9.47 Å². The lowest BCUT2D eigenvalue weighted by molar-refractivity contribution is 0.373. The van der Waals surface area contributed by atoms with Crippen LogP contribution in [-0.4, -0.2) is 29.5 Å². The number of methoxy groups -OCH3 is 2. The molecule has 0 atom stereocenters. The number of ether oxygens (including phenoxy) is 2. The molecular weight excluding hydrogens is 368 g/mol. The third-order valence-corrected chi connectivity index (χ3v) is 4.30. The zero-order valence-corrected chi connectivity index (χ0v) is 16.2. The molecule has 0 aliphatic carbocycles. The molecular formula is C24H22O5. The Labute approximate surface area is 169 Å². The second kappa shape index (κ2) is 8.89. The summed E-state index contributed by atoms with van der Waals surface area (Å²) in [7, 11) is 3.00. The Balaban J connectivity index is 1.80. The molecule has 0 aromatic heterocycles. The van der Waals surface area contributed by atoms with Gasteiger partial charge in [0.05, 0.1) is 14.2 Å². The highest BCUT2D eigenvalue weighted by atomic mass is 16.5. The van der Waals surface area contributed by atoms with Crippen molar-refractivity contribution in [3.8, 4) is 28.7 Å². The van der Waals surface area contributed by atoms with Gasteiger partial charge in [-0.25, -0.2) is 0 Å². The maximum Gasteiger partial charge on any atom is 0.160 e. The van der Waals surface area contributed by atoms with Crippen molar-refractivity contribution >= 4 is 24.3 Å². The SMILES string of the molecule is COc1ccc(/C=C/c2cc(O)cc(/C=C/c3ccc(OC)c(O)c3)c2)cc1O. The molecule has 0 radical (unpaired) electrons. The van der Waals surface area contributed by atoms with Crippen LogP contribution >= 0.6 is 0 Å². The van der Waals surface area contributed by atoms with Crippen molar-refractivity contribution in [3.05, 3.63) is 76.9 Å². The Kier molecular flexibility index (Phi) is 6.09. The molecule has 0 amide bonds. The highest BCUT2D eigenvalue weighted by molar-refractivity contribution is 5.76. The number of aromatic hydroxyl groups is 3. The largest absolute Gasteiger partial charge is 0.508 e. The summed E-state index contributed by atoms with van der Waals surface area (Å²) in [5.74, 6) is 1.10. The molecule has 0 aliphatic heterocycles. The molecule has 0 saturated carbocycles. The number of phenolic OH excluding ortho intramolecular Hbond substituents is 3. The van der Waals surface area contributed by atoms with Gasteiger partial charge < -0.3 is 24.8 Å². The molecule has 148 valence electrons. The first-order valence-corrected chi connectivity index (χ1v) is 8.93. The minimum absolute atomic E-state index is 0.0666. The van der Waals surface area contributed by atoms with E-state index in [0.29, 0.717) is 11.5 Å². The van der Waals surface area contributed by atoms with E-state index in [2.05, 4.69) is 0 Å². The number of benzene rings is 3. The molecule has 3 rings (SSSR count). The van der Waals surface area contributed by atoms with Crippen molar-refractivity contribution in [2.75, 3.05) is 14.2 Å². The summed E-state index contributed by atoms with van der Waals surface area (Å²) in [4.78, 5) is 0. The van der Waals surface area contributed by atoms with E-state index in [1.807, 2.05) is 42.5 Å². The summed E-state index contributed by atoms with van der Waals surface area (Å²) in [5, 5.41) is 29.8. The third-order valence-electron chi connectivity index (χ3n) is 4.30. The number of phenols is 3. The van der Waals surface area contributed by atoms with Crippen molar-refractivity contribution in [1.29, 1.82) is 0 Å². The first kappa shape index (κ1) is 19.9. The molecule has 0 aliphatic rings. The maximum atomic E-state index is 10.0. The Bertz CT molecular complexity index is 985. The molecule has 3 aromatic rings. The second-order valence-corrected chi connectivity index (χ2v) is 6.39. The summed E-state index contributed by atoms with van der Waals surface area (Å²) in [6, 6.07) is 15.5. The lowest BCUT2D eigenvalue weighted by Gasteiger charge is -2.04. The number of rotatable bonds is 6. The first-order chi connectivity index (χ1) is 14.0. The fourth-order valence-electron chi connectivity index (χ4n) is 2.86. The van der Waals surface area contributed by atoms with E-state index in [-0.39, 0.29) is 17.2 Å². The van der Waals surface area contributed by atoms with E-state index in [9.17, 15) is 15.3 Å². The fourth-order valence-corrected chi connectivity index (χ4v) is 2.86. The monoisotopic (exact) mass is 390 g/mol. The molecule has 0 heterocycles. The van der Waals surface area contributed by atoms with Crippen LogP contribution in [0.3, 0.4) is 0 Å². The van der Waals surface area contributed by atoms with Gasteiger partial charge in [0.1, 0.15) is 5.75 Å². The summed E-state index contributed by atoms with van der Waals surface area (Å²) in [6.45, 7) is 0. The Morgan fingerprint density at radius 3 is 1.34 bits per heavy atom. The van der Waals surface area contributed by atoms with E-state index in [1.54, 1.807) is 36.4 Å². The van der Waals surface area contributed by atoms with Crippen molar-refractivity contribution in [2.24, 2.45) is 0 Å². The van der Waals surface area contributed by atoms with Crippen molar-refractivity contribution < 1.29 is 24.8 Å². The Morgan fingerprint density at radius 1 is 0.552 bits per heavy atom. The van der Waals surface area contributed by atoms with E-state index in [1.165, 1.54) is 14.2 Å². The Morgan fingerprint density at radius 2 is 0.966 bits per heavy atom. The predicted octanol–water partition coefficient (Wildman–Crippen LogP) is 5.16.